The molecule has 1 aromatic carbocycles. The zero-order valence-electron chi connectivity index (χ0n) is 9.95. The Morgan fingerprint density at radius 1 is 1.22 bits per heavy atom. The Morgan fingerprint density at radius 3 is 2.22 bits per heavy atom. The number of hydrogen-bond acceptors (Lipinski definition) is 3. The first-order valence-electron chi connectivity index (χ1n) is 5.14. The van der Waals surface area contributed by atoms with Crippen LogP contribution in [0.3, 0.4) is 0 Å². The van der Waals surface area contributed by atoms with Crippen molar-refractivity contribution in [2.24, 2.45) is 0 Å². The summed E-state index contributed by atoms with van der Waals surface area (Å²) in [6.45, 7) is 0.118. The smallest absolute Gasteiger partial charge is 0.421 e. The molecule has 0 saturated carbocycles. The van der Waals surface area contributed by atoms with Crippen LogP contribution in [-0.2, 0) is 19.9 Å². The molecule has 0 amide bonds. The van der Waals surface area contributed by atoms with Crippen LogP contribution in [-0.4, -0.2) is 25.9 Å². The van der Waals surface area contributed by atoms with Crippen LogP contribution in [0.25, 0.3) is 0 Å². The number of esters is 1. The molecule has 0 heterocycles. The van der Waals surface area contributed by atoms with E-state index in [-0.39, 0.29) is 5.56 Å². The summed E-state index contributed by atoms with van der Waals surface area (Å²) in [5.41, 5.74) is -2.61. The molecule has 18 heavy (non-hydrogen) atoms. The largest absolute Gasteiger partial charge is 0.467 e. The molecule has 1 rings (SSSR count). The van der Waals surface area contributed by atoms with E-state index in [2.05, 4.69) is 4.74 Å². The van der Waals surface area contributed by atoms with Gasteiger partial charge < -0.3 is 9.47 Å². The molecule has 100 valence electrons. The van der Waals surface area contributed by atoms with Crippen molar-refractivity contribution in [1.82, 2.24) is 0 Å². The minimum atomic E-state index is -4.64. The van der Waals surface area contributed by atoms with Crippen molar-refractivity contribution in [1.29, 1.82) is 0 Å². The summed E-state index contributed by atoms with van der Waals surface area (Å²) in [4.78, 5) is 10.9. The van der Waals surface area contributed by atoms with E-state index < -0.39 is 24.4 Å². The highest BCUT2D eigenvalue weighted by atomic mass is 19.4. The minimum absolute atomic E-state index is 0.0681. The van der Waals surface area contributed by atoms with Gasteiger partial charge in [0.25, 0.3) is 0 Å². The number of benzene rings is 1. The number of alkyl halides is 3. The lowest BCUT2D eigenvalue weighted by Crippen LogP contribution is -2.43. The Balaban J connectivity index is 3.01. The van der Waals surface area contributed by atoms with E-state index in [0.717, 1.165) is 14.0 Å². The van der Waals surface area contributed by atoms with E-state index in [0.29, 0.717) is 0 Å². The molecule has 0 saturated heterocycles. The summed E-state index contributed by atoms with van der Waals surface area (Å²) in [5.74, 6) is -0.860. The molecular formula is C12H13F3O3. The van der Waals surface area contributed by atoms with Crippen molar-refractivity contribution < 1.29 is 27.4 Å². The molecule has 0 spiro atoms. The molecule has 0 unspecified atom stereocenters. The second kappa shape index (κ2) is 5.39. The maximum absolute atomic E-state index is 13.1. The fraction of sp³-hybridized carbons (Fsp3) is 0.417. The molecule has 1 aromatic rings. The van der Waals surface area contributed by atoms with Gasteiger partial charge in [-0.05, 0) is 12.5 Å². The standard InChI is InChI=1S/C12H13F3O3/c1-11(12(13,14)15,18-8-10(16)17-2)9-6-4-3-5-7-9/h3-7H,8H2,1-2H3/t11-/m0/s1. The van der Waals surface area contributed by atoms with Gasteiger partial charge in [-0.1, -0.05) is 30.3 Å². The highest BCUT2D eigenvalue weighted by molar-refractivity contribution is 5.70. The predicted molar refractivity (Wildman–Crippen MR) is 57.8 cm³/mol. The monoisotopic (exact) mass is 262 g/mol. The Morgan fingerprint density at radius 2 is 1.78 bits per heavy atom. The Labute approximate surface area is 103 Å². The average molecular weight is 262 g/mol. The first-order valence-corrected chi connectivity index (χ1v) is 5.14. The van der Waals surface area contributed by atoms with Crippen LogP contribution in [0.4, 0.5) is 13.2 Å². The molecule has 3 nitrogen and oxygen atoms in total. The number of ether oxygens (including phenoxy) is 2. The summed E-state index contributed by atoms with van der Waals surface area (Å²) in [7, 11) is 1.08. The lowest BCUT2D eigenvalue weighted by Gasteiger charge is -2.32. The van der Waals surface area contributed by atoms with Crippen molar-refractivity contribution in [3.05, 3.63) is 35.9 Å². The summed E-state index contributed by atoms with van der Waals surface area (Å²) in [6, 6.07) is 7.14. The second-order valence-electron chi connectivity index (χ2n) is 3.76. The van der Waals surface area contributed by atoms with Crippen LogP contribution in [0.2, 0.25) is 0 Å². The number of methoxy groups -OCH3 is 1. The SMILES string of the molecule is COC(=O)CO[C@@](C)(c1ccccc1)C(F)(F)F. The van der Waals surface area contributed by atoms with Gasteiger partial charge in [-0.3, -0.25) is 0 Å². The minimum Gasteiger partial charge on any atom is -0.467 e. The summed E-state index contributed by atoms with van der Waals surface area (Å²) >= 11 is 0. The fourth-order valence-electron chi connectivity index (χ4n) is 1.35. The van der Waals surface area contributed by atoms with Gasteiger partial charge in [0.2, 0.25) is 0 Å². The van der Waals surface area contributed by atoms with Crippen molar-refractivity contribution in [2.45, 2.75) is 18.7 Å². The maximum atomic E-state index is 13.1. The zero-order valence-corrected chi connectivity index (χ0v) is 9.95. The molecule has 0 N–H and O–H groups in total. The van der Waals surface area contributed by atoms with Crippen LogP contribution in [0.1, 0.15) is 12.5 Å². The number of halogens is 3. The molecule has 0 aliphatic heterocycles. The third kappa shape index (κ3) is 3.01. The van der Waals surface area contributed by atoms with Crippen LogP contribution in [0, 0.1) is 0 Å². The second-order valence-corrected chi connectivity index (χ2v) is 3.76. The molecule has 0 fully saturated rings. The van der Waals surface area contributed by atoms with E-state index in [1.54, 1.807) is 6.07 Å². The van der Waals surface area contributed by atoms with Crippen molar-refractivity contribution in [2.75, 3.05) is 13.7 Å². The van der Waals surface area contributed by atoms with Crippen molar-refractivity contribution in [3.8, 4) is 0 Å². The van der Waals surface area contributed by atoms with Gasteiger partial charge in [0.05, 0.1) is 7.11 Å². The topological polar surface area (TPSA) is 35.5 Å². The van der Waals surface area contributed by atoms with Crippen LogP contribution < -0.4 is 0 Å². The zero-order chi connectivity index (χ0) is 13.8. The van der Waals surface area contributed by atoms with Gasteiger partial charge in [-0.15, -0.1) is 0 Å². The Bertz CT molecular complexity index is 403. The molecule has 0 bridgehead atoms. The van der Waals surface area contributed by atoms with E-state index in [1.807, 2.05) is 0 Å². The quantitative estimate of drug-likeness (QED) is 0.782. The number of carbonyl (C=O) groups is 1. The van der Waals surface area contributed by atoms with Crippen molar-refractivity contribution in [3.63, 3.8) is 0 Å². The van der Waals surface area contributed by atoms with Gasteiger partial charge >= 0.3 is 12.1 Å². The highest BCUT2D eigenvalue weighted by Crippen LogP contribution is 2.41. The third-order valence-corrected chi connectivity index (χ3v) is 2.57. The highest BCUT2D eigenvalue weighted by Gasteiger charge is 2.54. The summed E-state index contributed by atoms with van der Waals surface area (Å²) in [5, 5.41) is 0. The van der Waals surface area contributed by atoms with E-state index >= 15 is 0 Å². The number of carbonyl (C=O) groups excluding carboxylic acids is 1. The maximum Gasteiger partial charge on any atom is 0.421 e. The van der Waals surface area contributed by atoms with Crippen LogP contribution >= 0.6 is 0 Å². The van der Waals surface area contributed by atoms with Gasteiger partial charge in [-0.2, -0.15) is 13.2 Å². The van der Waals surface area contributed by atoms with E-state index in [1.165, 1.54) is 24.3 Å². The molecule has 0 radical (unpaired) electrons. The van der Waals surface area contributed by atoms with Crippen LogP contribution in [0.5, 0.6) is 0 Å². The third-order valence-electron chi connectivity index (χ3n) is 2.57. The molecular weight excluding hydrogens is 249 g/mol. The van der Waals surface area contributed by atoms with Gasteiger partial charge in [0.1, 0.15) is 6.61 Å². The first kappa shape index (κ1) is 14.5. The summed E-state index contributed by atoms with van der Waals surface area (Å²) < 4.78 is 48.2. The molecule has 1 atom stereocenters. The lowest BCUT2D eigenvalue weighted by atomic mass is 9.95. The summed E-state index contributed by atoms with van der Waals surface area (Å²) in [6.07, 6.45) is -4.64. The Hall–Kier alpha value is -1.56. The van der Waals surface area contributed by atoms with E-state index in [9.17, 15) is 18.0 Å². The van der Waals surface area contributed by atoms with Gasteiger partial charge in [0, 0.05) is 0 Å². The van der Waals surface area contributed by atoms with Gasteiger partial charge in [0.15, 0.2) is 5.60 Å². The molecule has 0 aromatic heterocycles. The lowest BCUT2D eigenvalue weighted by molar-refractivity contribution is -0.277. The fourth-order valence-corrected chi connectivity index (χ4v) is 1.35. The van der Waals surface area contributed by atoms with Crippen LogP contribution in [0.15, 0.2) is 30.3 Å². The predicted octanol–water partition coefficient (Wildman–Crippen LogP) is 2.65. The van der Waals surface area contributed by atoms with Crippen molar-refractivity contribution >= 4 is 5.97 Å². The average Bonchev–Trinajstić information content (AvgIpc) is 2.35. The molecule has 0 aliphatic carbocycles. The van der Waals surface area contributed by atoms with E-state index in [4.69, 9.17) is 4.74 Å². The molecule has 0 aliphatic rings. The number of hydrogen-bond donors (Lipinski definition) is 0. The molecule has 6 heteroatoms. The van der Waals surface area contributed by atoms with Gasteiger partial charge in [-0.25, -0.2) is 4.79 Å². The Kier molecular flexibility index (Phi) is 4.34. The number of rotatable bonds is 4. The first-order chi connectivity index (χ1) is 8.31. The normalized spacial score (nSPS) is 14.9.